The van der Waals surface area contributed by atoms with Gasteiger partial charge in [0.05, 0.1) is 4.92 Å². The highest BCUT2D eigenvalue weighted by atomic mass is 16.6. The minimum Gasteiger partial charge on any atom is -0.354 e. The monoisotopic (exact) mass is 294 g/mol. The third-order valence-corrected chi connectivity index (χ3v) is 3.31. The number of hydrogen-bond acceptors (Lipinski definition) is 7. The Balaban J connectivity index is 2.23. The van der Waals surface area contributed by atoms with Crippen LogP contribution in [0.1, 0.15) is 13.8 Å². The summed E-state index contributed by atoms with van der Waals surface area (Å²) in [5.41, 5.74) is -0.118. The van der Waals surface area contributed by atoms with E-state index in [2.05, 4.69) is 15.3 Å². The van der Waals surface area contributed by atoms with Gasteiger partial charge in [-0.25, -0.2) is 4.98 Å². The van der Waals surface area contributed by atoms with Crippen molar-refractivity contribution in [3.63, 3.8) is 0 Å². The average Bonchev–Trinajstić information content (AvgIpc) is 2.47. The lowest BCUT2D eigenvalue weighted by atomic mass is 10.3. The zero-order valence-corrected chi connectivity index (χ0v) is 12.1. The molecule has 0 atom stereocenters. The molecule has 1 saturated heterocycles. The van der Waals surface area contributed by atoms with Crippen LogP contribution in [0.25, 0.3) is 0 Å². The zero-order chi connectivity index (χ0) is 15.4. The molecule has 1 aliphatic heterocycles. The summed E-state index contributed by atoms with van der Waals surface area (Å²) in [6.45, 7) is 6.16. The number of anilines is 2. The van der Waals surface area contributed by atoms with Crippen molar-refractivity contribution in [2.45, 2.75) is 13.8 Å². The second-order valence-electron chi connectivity index (χ2n) is 4.68. The molecule has 0 aromatic carbocycles. The Bertz CT molecular complexity index is 542. The van der Waals surface area contributed by atoms with Crippen LogP contribution in [0.4, 0.5) is 17.5 Å². The van der Waals surface area contributed by atoms with Crippen molar-refractivity contribution in [2.75, 3.05) is 42.9 Å². The molecule has 21 heavy (non-hydrogen) atoms. The zero-order valence-electron chi connectivity index (χ0n) is 12.1. The van der Waals surface area contributed by atoms with E-state index in [-0.39, 0.29) is 11.6 Å². The number of rotatable bonds is 4. The van der Waals surface area contributed by atoms with Gasteiger partial charge in [0, 0.05) is 39.6 Å². The van der Waals surface area contributed by atoms with Crippen molar-refractivity contribution in [1.82, 2.24) is 14.9 Å². The Morgan fingerprint density at radius 1 is 1.43 bits per heavy atom. The van der Waals surface area contributed by atoms with Gasteiger partial charge in [-0.3, -0.25) is 14.9 Å². The van der Waals surface area contributed by atoms with Crippen LogP contribution in [0.15, 0.2) is 6.20 Å². The normalized spacial score (nSPS) is 15.0. The fourth-order valence-corrected chi connectivity index (χ4v) is 2.20. The summed E-state index contributed by atoms with van der Waals surface area (Å²) in [5, 5.41) is 14.1. The van der Waals surface area contributed by atoms with E-state index in [4.69, 9.17) is 0 Å². The summed E-state index contributed by atoms with van der Waals surface area (Å²) in [6.07, 6.45) is 1.22. The number of nitro groups is 1. The van der Waals surface area contributed by atoms with Crippen molar-refractivity contribution < 1.29 is 9.72 Å². The summed E-state index contributed by atoms with van der Waals surface area (Å²) in [6, 6.07) is 0. The first kappa shape index (κ1) is 14.9. The van der Waals surface area contributed by atoms with Crippen molar-refractivity contribution >= 4 is 23.4 Å². The molecular formula is C12H18N6O3. The first-order chi connectivity index (χ1) is 10.0. The molecule has 1 fully saturated rings. The maximum atomic E-state index is 11.3. The smallest absolute Gasteiger partial charge is 0.329 e. The number of amides is 1. The molecule has 1 aromatic rings. The van der Waals surface area contributed by atoms with Gasteiger partial charge in [-0.1, -0.05) is 0 Å². The SMILES string of the molecule is CCNc1ncc([N+](=O)[O-])c(N2CCN(C(C)=O)CC2)n1. The topological polar surface area (TPSA) is 104 Å². The van der Waals surface area contributed by atoms with E-state index in [1.807, 2.05) is 11.8 Å². The van der Waals surface area contributed by atoms with Gasteiger partial charge >= 0.3 is 5.69 Å². The molecule has 0 saturated carbocycles. The molecule has 0 bridgehead atoms. The predicted octanol–water partition coefficient (Wildman–Crippen LogP) is 0.485. The summed E-state index contributed by atoms with van der Waals surface area (Å²) < 4.78 is 0. The van der Waals surface area contributed by atoms with Gasteiger partial charge in [0.1, 0.15) is 6.20 Å². The summed E-state index contributed by atoms with van der Waals surface area (Å²) in [5.74, 6) is 0.682. The molecule has 1 amide bonds. The molecule has 1 aliphatic rings. The largest absolute Gasteiger partial charge is 0.354 e. The highest BCUT2D eigenvalue weighted by Crippen LogP contribution is 2.26. The van der Waals surface area contributed by atoms with Crippen molar-refractivity contribution in [1.29, 1.82) is 0 Å². The minimum absolute atomic E-state index is 0.0141. The number of carbonyl (C=O) groups excluding carboxylic acids is 1. The standard InChI is InChI=1S/C12H18N6O3/c1-3-13-12-14-8-10(18(20)21)11(15-12)17-6-4-16(5-7-17)9(2)19/h8H,3-7H2,1-2H3,(H,13,14,15). The van der Waals surface area contributed by atoms with E-state index >= 15 is 0 Å². The first-order valence-electron chi connectivity index (χ1n) is 6.78. The fraction of sp³-hybridized carbons (Fsp3) is 0.583. The molecule has 2 heterocycles. The maximum Gasteiger partial charge on any atom is 0.329 e. The molecule has 114 valence electrons. The predicted molar refractivity (Wildman–Crippen MR) is 77.3 cm³/mol. The molecule has 0 radical (unpaired) electrons. The van der Waals surface area contributed by atoms with Crippen LogP contribution in [-0.4, -0.2) is 58.4 Å². The van der Waals surface area contributed by atoms with Crippen LogP contribution < -0.4 is 10.2 Å². The maximum absolute atomic E-state index is 11.3. The summed E-state index contributed by atoms with van der Waals surface area (Å²) in [4.78, 5) is 33.7. The third-order valence-electron chi connectivity index (χ3n) is 3.31. The van der Waals surface area contributed by atoms with E-state index in [0.29, 0.717) is 44.5 Å². The second-order valence-corrected chi connectivity index (χ2v) is 4.68. The van der Waals surface area contributed by atoms with E-state index in [1.54, 1.807) is 4.90 Å². The number of nitrogens with zero attached hydrogens (tertiary/aromatic N) is 5. The van der Waals surface area contributed by atoms with Crippen LogP contribution in [0, 0.1) is 10.1 Å². The molecular weight excluding hydrogens is 276 g/mol. The van der Waals surface area contributed by atoms with Gasteiger partial charge in [-0.2, -0.15) is 4.98 Å². The molecule has 0 spiro atoms. The Morgan fingerprint density at radius 2 is 2.10 bits per heavy atom. The van der Waals surface area contributed by atoms with Crippen molar-refractivity contribution in [2.24, 2.45) is 0 Å². The van der Waals surface area contributed by atoms with Crippen LogP contribution in [0.3, 0.4) is 0 Å². The lowest BCUT2D eigenvalue weighted by Gasteiger charge is -2.34. The molecule has 0 unspecified atom stereocenters. The Labute approximate surface area is 122 Å². The second kappa shape index (κ2) is 6.33. The average molecular weight is 294 g/mol. The van der Waals surface area contributed by atoms with Gasteiger partial charge < -0.3 is 15.1 Å². The van der Waals surface area contributed by atoms with Crippen LogP contribution >= 0.6 is 0 Å². The molecule has 9 nitrogen and oxygen atoms in total. The lowest BCUT2D eigenvalue weighted by Crippen LogP contribution is -2.48. The summed E-state index contributed by atoms with van der Waals surface area (Å²) in [7, 11) is 0. The van der Waals surface area contributed by atoms with Gasteiger partial charge in [0.15, 0.2) is 0 Å². The van der Waals surface area contributed by atoms with Gasteiger partial charge in [0.2, 0.25) is 17.7 Å². The number of piperazine rings is 1. The van der Waals surface area contributed by atoms with Gasteiger partial charge in [0.25, 0.3) is 0 Å². The molecule has 9 heteroatoms. The van der Waals surface area contributed by atoms with E-state index in [1.165, 1.54) is 13.1 Å². The third kappa shape index (κ3) is 3.36. The fourth-order valence-electron chi connectivity index (χ4n) is 2.20. The van der Waals surface area contributed by atoms with E-state index in [9.17, 15) is 14.9 Å². The lowest BCUT2D eigenvalue weighted by molar-refractivity contribution is -0.384. The summed E-state index contributed by atoms with van der Waals surface area (Å²) >= 11 is 0. The van der Waals surface area contributed by atoms with Crippen LogP contribution in [-0.2, 0) is 4.79 Å². The number of hydrogen-bond donors (Lipinski definition) is 1. The number of nitrogens with one attached hydrogen (secondary N) is 1. The highest BCUT2D eigenvalue weighted by Gasteiger charge is 2.26. The van der Waals surface area contributed by atoms with E-state index < -0.39 is 4.92 Å². The molecule has 2 rings (SSSR count). The Kier molecular flexibility index (Phi) is 4.51. The number of aromatic nitrogens is 2. The Hall–Kier alpha value is -2.45. The van der Waals surface area contributed by atoms with Crippen molar-refractivity contribution in [3.8, 4) is 0 Å². The van der Waals surface area contributed by atoms with Crippen LogP contribution in [0.5, 0.6) is 0 Å². The molecule has 1 aromatic heterocycles. The Morgan fingerprint density at radius 3 is 2.62 bits per heavy atom. The quantitative estimate of drug-likeness (QED) is 0.636. The minimum atomic E-state index is -0.484. The highest BCUT2D eigenvalue weighted by molar-refractivity contribution is 5.73. The van der Waals surface area contributed by atoms with Crippen molar-refractivity contribution in [3.05, 3.63) is 16.3 Å². The van der Waals surface area contributed by atoms with Gasteiger partial charge in [-0.15, -0.1) is 0 Å². The first-order valence-corrected chi connectivity index (χ1v) is 6.78. The van der Waals surface area contributed by atoms with Gasteiger partial charge in [-0.05, 0) is 6.92 Å². The molecule has 0 aliphatic carbocycles. The number of carbonyl (C=O) groups is 1. The van der Waals surface area contributed by atoms with Crippen LogP contribution in [0.2, 0.25) is 0 Å². The molecule has 1 N–H and O–H groups in total. The van der Waals surface area contributed by atoms with E-state index in [0.717, 1.165) is 0 Å².